The molecule has 1 aromatic heterocycles. The molecule has 0 unspecified atom stereocenters. The molecule has 6 nitrogen and oxygen atoms in total. The number of halogens is 6. The van der Waals surface area contributed by atoms with Crippen LogP contribution in [0, 0.1) is 0 Å². The molecule has 0 atom stereocenters. The van der Waals surface area contributed by atoms with Crippen molar-refractivity contribution in [1.82, 2.24) is 10.2 Å². The monoisotopic (exact) mass is 533 g/mol. The molecular formula is C23H21F6N3O3S. The molecule has 0 aliphatic rings. The zero-order valence-electron chi connectivity index (χ0n) is 18.8. The molecule has 13 heteroatoms. The van der Waals surface area contributed by atoms with Crippen LogP contribution in [-0.2, 0) is 22.7 Å². The van der Waals surface area contributed by atoms with E-state index < -0.39 is 40.2 Å². The average Bonchev–Trinajstić information content (AvgIpc) is 3.24. The van der Waals surface area contributed by atoms with Gasteiger partial charge in [0.15, 0.2) is 11.5 Å². The molecule has 0 aliphatic heterocycles. The quantitative estimate of drug-likeness (QED) is 0.271. The van der Waals surface area contributed by atoms with Crippen molar-refractivity contribution < 1.29 is 39.6 Å². The number of benzene rings is 2. The summed E-state index contributed by atoms with van der Waals surface area (Å²) in [6.45, 7) is 1.15. The Kier molecular flexibility index (Phi) is 7.82. The van der Waals surface area contributed by atoms with Gasteiger partial charge in [0.2, 0.25) is 10.0 Å². The van der Waals surface area contributed by atoms with E-state index in [1.165, 1.54) is 30.5 Å². The summed E-state index contributed by atoms with van der Waals surface area (Å²) < 4.78 is 104. The van der Waals surface area contributed by atoms with Crippen LogP contribution in [-0.4, -0.2) is 36.3 Å². The number of sulfonamides is 1. The fraction of sp³-hybridized carbons (Fsp3) is 0.304. The molecule has 0 amide bonds. The number of hydrogen-bond donors (Lipinski definition) is 1. The van der Waals surface area contributed by atoms with Gasteiger partial charge in [0.1, 0.15) is 0 Å². The van der Waals surface area contributed by atoms with E-state index in [9.17, 15) is 39.6 Å². The van der Waals surface area contributed by atoms with Crippen LogP contribution in [0.5, 0.6) is 0 Å². The Morgan fingerprint density at radius 2 is 1.69 bits per heavy atom. The maximum absolute atomic E-state index is 13.1. The first-order valence-electron chi connectivity index (χ1n) is 10.6. The van der Waals surface area contributed by atoms with E-state index in [0.29, 0.717) is 10.7 Å². The van der Waals surface area contributed by atoms with E-state index in [1.807, 2.05) is 0 Å². The van der Waals surface area contributed by atoms with E-state index in [4.69, 9.17) is 0 Å². The number of hydrogen-bond acceptors (Lipinski definition) is 4. The molecule has 0 saturated carbocycles. The molecule has 1 N–H and O–H groups in total. The van der Waals surface area contributed by atoms with E-state index in [1.54, 1.807) is 6.92 Å². The Hall–Kier alpha value is -3.35. The molecule has 3 aromatic rings. The van der Waals surface area contributed by atoms with Gasteiger partial charge in [0.05, 0.1) is 29.7 Å². The summed E-state index contributed by atoms with van der Waals surface area (Å²) in [5, 5.41) is 6.35. The van der Waals surface area contributed by atoms with Crippen molar-refractivity contribution in [3.8, 4) is 11.3 Å². The summed E-state index contributed by atoms with van der Waals surface area (Å²) in [6, 6.07) is 9.17. The number of aromatic amines is 1. The number of carbonyl (C=O) groups excluding carboxylic acids is 1. The van der Waals surface area contributed by atoms with E-state index in [2.05, 4.69) is 10.2 Å². The third kappa shape index (κ3) is 6.65. The molecule has 2 aromatic carbocycles. The highest BCUT2D eigenvalue weighted by Gasteiger charge is 2.39. The first-order valence-corrected chi connectivity index (χ1v) is 12.2. The fourth-order valence-electron chi connectivity index (χ4n) is 3.50. The first kappa shape index (κ1) is 27.2. The molecule has 0 spiro atoms. The van der Waals surface area contributed by atoms with E-state index >= 15 is 0 Å². The highest BCUT2D eigenvalue weighted by molar-refractivity contribution is 7.92. The van der Waals surface area contributed by atoms with Crippen LogP contribution in [0.15, 0.2) is 54.7 Å². The number of alkyl halides is 6. The summed E-state index contributed by atoms with van der Waals surface area (Å²) in [7, 11) is -4.98. The van der Waals surface area contributed by atoms with Crippen LogP contribution in [0.25, 0.3) is 11.3 Å². The molecule has 194 valence electrons. The molecule has 0 bridgehead atoms. The Morgan fingerprint density at radius 3 is 2.28 bits per heavy atom. The molecule has 0 aliphatic carbocycles. The predicted octanol–water partition coefficient (Wildman–Crippen LogP) is 5.98. The van der Waals surface area contributed by atoms with E-state index in [-0.39, 0.29) is 40.3 Å². The molecule has 3 rings (SSSR count). The highest BCUT2D eigenvalue weighted by atomic mass is 32.2. The Bertz CT molecular complexity index is 1320. The zero-order valence-corrected chi connectivity index (χ0v) is 19.6. The second-order valence-corrected chi connectivity index (χ2v) is 9.84. The molecule has 36 heavy (non-hydrogen) atoms. The normalized spacial score (nSPS) is 12.5. The van der Waals surface area contributed by atoms with Crippen LogP contribution in [0.4, 0.5) is 32.0 Å². The lowest BCUT2D eigenvalue weighted by atomic mass is 10.0. The van der Waals surface area contributed by atoms with Gasteiger partial charge < -0.3 is 0 Å². The van der Waals surface area contributed by atoms with E-state index in [0.717, 1.165) is 24.3 Å². The number of ketones is 1. The Balaban J connectivity index is 2.04. The minimum atomic E-state index is -5.04. The van der Waals surface area contributed by atoms with Crippen LogP contribution in [0.3, 0.4) is 0 Å². The SMILES string of the molecule is CCCC(=O)c1cccc(N(Cc2cn[nH]c2-c2ccc(C(F)(F)F)cc2)S(=O)(=O)CC(F)(F)F)c1. The number of Topliss-reactive ketones (excluding diaryl/α,β-unsaturated/α-hetero) is 1. The summed E-state index contributed by atoms with van der Waals surface area (Å²) in [5.41, 5.74) is -0.469. The highest BCUT2D eigenvalue weighted by Crippen LogP contribution is 2.33. The van der Waals surface area contributed by atoms with Gasteiger partial charge in [0.25, 0.3) is 0 Å². The smallest absolute Gasteiger partial charge is 0.294 e. The van der Waals surface area contributed by atoms with Gasteiger partial charge in [-0.05, 0) is 36.2 Å². The van der Waals surface area contributed by atoms with Crippen molar-refractivity contribution in [2.24, 2.45) is 0 Å². The number of carbonyl (C=O) groups is 1. The van der Waals surface area contributed by atoms with Crippen molar-refractivity contribution in [3.63, 3.8) is 0 Å². The van der Waals surface area contributed by atoms with Crippen LogP contribution in [0.1, 0.15) is 41.3 Å². The second kappa shape index (κ2) is 10.3. The zero-order chi connectivity index (χ0) is 26.7. The number of H-pyrrole nitrogens is 1. The topological polar surface area (TPSA) is 83.1 Å². The minimum Gasteiger partial charge on any atom is -0.294 e. The maximum atomic E-state index is 13.1. The standard InChI is InChI=1S/C23H21F6N3O3S/c1-2-4-20(33)16-5-3-6-19(11-16)32(36(34,35)14-22(24,25)26)13-17-12-30-31-21(17)15-7-9-18(10-8-15)23(27,28)29/h3,5-12H,2,4,13-14H2,1H3,(H,30,31). The van der Waals surface area contributed by atoms with Crippen molar-refractivity contribution in [2.45, 2.75) is 38.7 Å². The van der Waals surface area contributed by atoms with Gasteiger partial charge >= 0.3 is 12.4 Å². The number of rotatable bonds is 9. The molecule has 1 heterocycles. The molecule has 0 saturated heterocycles. The minimum absolute atomic E-state index is 0.116. The number of nitrogens with one attached hydrogen (secondary N) is 1. The van der Waals surface area contributed by atoms with Gasteiger partial charge in [-0.2, -0.15) is 31.4 Å². The maximum Gasteiger partial charge on any atom is 0.416 e. The van der Waals surface area contributed by atoms with Crippen molar-refractivity contribution in [3.05, 3.63) is 71.4 Å². The summed E-state index contributed by atoms with van der Waals surface area (Å²) in [5.74, 6) is -2.46. The van der Waals surface area contributed by atoms with Crippen molar-refractivity contribution in [1.29, 1.82) is 0 Å². The van der Waals surface area contributed by atoms with Crippen LogP contribution in [0.2, 0.25) is 0 Å². The van der Waals surface area contributed by atoms with Gasteiger partial charge in [-0.15, -0.1) is 0 Å². The van der Waals surface area contributed by atoms with Gasteiger partial charge in [-0.3, -0.25) is 14.2 Å². The first-order chi connectivity index (χ1) is 16.7. The summed E-state index contributed by atoms with van der Waals surface area (Å²) in [4.78, 5) is 12.3. The number of aromatic nitrogens is 2. The fourth-order valence-corrected chi connectivity index (χ4v) is 4.84. The molecule has 0 fully saturated rings. The van der Waals surface area contributed by atoms with Crippen molar-refractivity contribution in [2.75, 3.05) is 10.1 Å². The lowest BCUT2D eigenvalue weighted by molar-refractivity contribution is -0.137. The van der Waals surface area contributed by atoms with Gasteiger partial charge in [-0.1, -0.05) is 31.2 Å². The van der Waals surface area contributed by atoms with Crippen LogP contribution < -0.4 is 4.31 Å². The number of anilines is 1. The lowest BCUT2D eigenvalue weighted by Gasteiger charge is -2.25. The largest absolute Gasteiger partial charge is 0.416 e. The van der Waals surface area contributed by atoms with Gasteiger partial charge in [-0.25, -0.2) is 8.42 Å². The summed E-state index contributed by atoms with van der Waals surface area (Å²) in [6.07, 6.45) is -7.75. The second-order valence-electron chi connectivity index (χ2n) is 7.95. The average molecular weight is 533 g/mol. The number of nitrogens with zero attached hydrogens (tertiary/aromatic N) is 2. The molecular weight excluding hydrogens is 512 g/mol. The lowest BCUT2D eigenvalue weighted by Crippen LogP contribution is -2.37. The molecule has 0 radical (unpaired) electrons. The Morgan fingerprint density at radius 1 is 1.03 bits per heavy atom. The third-order valence-corrected chi connectivity index (χ3v) is 6.85. The van der Waals surface area contributed by atoms with Crippen molar-refractivity contribution >= 4 is 21.5 Å². The van der Waals surface area contributed by atoms with Crippen LogP contribution >= 0.6 is 0 Å². The predicted molar refractivity (Wildman–Crippen MR) is 121 cm³/mol. The van der Waals surface area contributed by atoms with Gasteiger partial charge in [0, 0.05) is 17.5 Å². The Labute approximate surface area is 203 Å². The third-order valence-electron chi connectivity index (χ3n) is 5.15. The summed E-state index contributed by atoms with van der Waals surface area (Å²) >= 11 is 0.